The minimum absolute atomic E-state index is 0.0402. The maximum Gasteiger partial charge on any atom is 0.251 e. The molecule has 0 spiro atoms. The monoisotopic (exact) mass is 404 g/mol. The van der Waals surface area contributed by atoms with Gasteiger partial charge in [-0.05, 0) is 29.8 Å². The van der Waals surface area contributed by atoms with Crippen molar-refractivity contribution in [1.82, 2.24) is 5.32 Å². The van der Waals surface area contributed by atoms with E-state index in [0.717, 1.165) is 5.56 Å². The van der Waals surface area contributed by atoms with Gasteiger partial charge < -0.3 is 15.0 Å². The van der Waals surface area contributed by atoms with Crippen molar-refractivity contribution in [2.75, 3.05) is 18.1 Å². The molecule has 1 aliphatic heterocycles. The molecule has 1 N–H and O–H groups in total. The molecule has 0 bridgehead atoms. The molecule has 1 aliphatic rings. The fourth-order valence-electron chi connectivity index (χ4n) is 3.50. The van der Waals surface area contributed by atoms with Gasteiger partial charge in [-0.2, -0.15) is 0 Å². The second-order valence-corrected chi connectivity index (χ2v) is 7.01. The van der Waals surface area contributed by atoms with E-state index in [-0.39, 0.29) is 18.2 Å². The maximum atomic E-state index is 13.8. The number of fused-ring (bicyclic) bond motifs is 1. The first-order valence-electron chi connectivity index (χ1n) is 9.75. The summed E-state index contributed by atoms with van der Waals surface area (Å²) in [5.74, 6) is -0.437. The first-order valence-corrected chi connectivity index (χ1v) is 9.75. The van der Waals surface area contributed by atoms with Crippen LogP contribution in [0.4, 0.5) is 10.1 Å². The van der Waals surface area contributed by atoms with Crippen molar-refractivity contribution >= 4 is 17.5 Å². The van der Waals surface area contributed by atoms with Crippen molar-refractivity contribution in [2.24, 2.45) is 0 Å². The van der Waals surface area contributed by atoms with Crippen molar-refractivity contribution in [1.29, 1.82) is 0 Å². The number of carbonyl (C=O) groups is 2. The van der Waals surface area contributed by atoms with Crippen LogP contribution in [-0.2, 0) is 4.79 Å². The molecule has 30 heavy (non-hydrogen) atoms. The molecule has 6 heteroatoms. The average molecular weight is 404 g/mol. The molecule has 0 saturated heterocycles. The van der Waals surface area contributed by atoms with E-state index < -0.39 is 11.9 Å². The molecule has 2 amide bonds. The van der Waals surface area contributed by atoms with Gasteiger partial charge in [0.2, 0.25) is 5.91 Å². The molecule has 1 unspecified atom stereocenters. The molecule has 5 nitrogen and oxygen atoms in total. The van der Waals surface area contributed by atoms with E-state index >= 15 is 0 Å². The number of amides is 2. The van der Waals surface area contributed by atoms with Crippen LogP contribution in [0.1, 0.15) is 28.4 Å². The van der Waals surface area contributed by atoms with E-state index in [1.54, 1.807) is 24.3 Å². The lowest BCUT2D eigenvalue weighted by molar-refractivity contribution is -0.119. The van der Waals surface area contributed by atoms with E-state index in [4.69, 9.17) is 4.74 Å². The highest BCUT2D eigenvalue weighted by Crippen LogP contribution is 2.33. The summed E-state index contributed by atoms with van der Waals surface area (Å²) >= 11 is 0. The Balaban J connectivity index is 1.57. The van der Waals surface area contributed by atoms with Gasteiger partial charge in [-0.25, -0.2) is 4.39 Å². The van der Waals surface area contributed by atoms with Crippen LogP contribution in [0.2, 0.25) is 0 Å². The molecule has 1 heterocycles. The van der Waals surface area contributed by atoms with Gasteiger partial charge in [0, 0.05) is 11.6 Å². The van der Waals surface area contributed by atoms with Gasteiger partial charge in [0.15, 0.2) is 0 Å². The Kier molecular flexibility index (Phi) is 5.75. The molecule has 152 valence electrons. The molecule has 4 rings (SSSR count). The van der Waals surface area contributed by atoms with Crippen LogP contribution in [0.15, 0.2) is 78.9 Å². The number of nitrogens with one attached hydrogen (secondary N) is 1. The van der Waals surface area contributed by atoms with Crippen molar-refractivity contribution in [3.05, 3.63) is 95.8 Å². The number of benzene rings is 3. The van der Waals surface area contributed by atoms with E-state index in [1.807, 2.05) is 36.4 Å². The third-order valence-corrected chi connectivity index (χ3v) is 5.01. The molecule has 0 fully saturated rings. The van der Waals surface area contributed by atoms with Crippen LogP contribution < -0.4 is 15.0 Å². The van der Waals surface area contributed by atoms with Crippen LogP contribution in [0.3, 0.4) is 0 Å². The first kappa shape index (κ1) is 19.6. The molecule has 0 aromatic heterocycles. The minimum atomic E-state index is -0.522. The Hall–Kier alpha value is -3.67. The normalized spacial score (nSPS) is 13.7. The minimum Gasteiger partial charge on any atom is -0.490 e. The smallest absolute Gasteiger partial charge is 0.251 e. The molecule has 0 radical (unpaired) electrons. The van der Waals surface area contributed by atoms with Crippen molar-refractivity contribution in [3.8, 4) is 5.75 Å². The van der Waals surface area contributed by atoms with Crippen molar-refractivity contribution in [2.45, 2.75) is 12.5 Å². The molecule has 0 aliphatic carbocycles. The van der Waals surface area contributed by atoms with Gasteiger partial charge in [-0.15, -0.1) is 0 Å². The van der Waals surface area contributed by atoms with Gasteiger partial charge in [-0.1, -0.05) is 48.5 Å². The molecule has 0 saturated carbocycles. The lowest BCUT2D eigenvalue weighted by Crippen LogP contribution is -2.40. The molecular weight excluding hydrogens is 383 g/mol. The lowest BCUT2D eigenvalue weighted by atomic mass is 10.0. The summed E-state index contributed by atoms with van der Waals surface area (Å²) in [5.41, 5.74) is 1.75. The Morgan fingerprint density at radius 2 is 1.70 bits per heavy atom. The second kappa shape index (κ2) is 8.78. The highest BCUT2D eigenvalue weighted by molar-refractivity contribution is 5.97. The third-order valence-electron chi connectivity index (χ3n) is 5.01. The number of hydrogen-bond donors (Lipinski definition) is 1. The summed E-state index contributed by atoms with van der Waals surface area (Å²) in [4.78, 5) is 27.4. The summed E-state index contributed by atoms with van der Waals surface area (Å²) in [7, 11) is 0. The van der Waals surface area contributed by atoms with Crippen LogP contribution in [0.5, 0.6) is 5.75 Å². The summed E-state index contributed by atoms with van der Waals surface area (Å²) in [6.07, 6.45) is 0.0402. The Labute approximate surface area is 174 Å². The largest absolute Gasteiger partial charge is 0.490 e. The first-order chi connectivity index (χ1) is 14.6. The number of hydrogen-bond acceptors (Lipinski definition) is 3. The Morgan fingerprint density at radius 3 is 2.43 bits per heavy atom. The second-order valence-electron chi connectivity index (χ2n) is 7.01. The van der Waals surface area contributed by atoms with Crippen LogP contribution in [0.25, 0.3) is 0 Å². The van der Waals surface area contributed by atoms with E-state index in [1.165, 1.54) is 23.1 Å². The fraction of sp³-hybridized carbons (Fsp3) is 0.167. The molecule has 3 aromatic carbocycles. The standard InChI is InChI=1S/C24H21FN2O3/c25-19-11-12-22-21(15-19)27(13-14-30-22)23(28)16-20(17-7-3-1-4-8-17)26-24(29)18-9-5-2-6-10-18/h1-12,15,20H,13-14,16H2,(H,26,29). The Bertz CT molecular complexity index is 1040. The van der Waals surface area contributed by atoms with Gasteiger partial charge in [-0.3, -0.25) is 9.59 Å². The number of ether oxygens (including phenoxy) is 1. The SMILES string of the molecule is O=C(NC(CC(=O)N1CCOc2ccc(F)cc21)c1ccccc1)c1ccccc1. The number of rotatable bonds is 5. The van der Waals surface area contributed by atoms with Gasteiger partial charge in [0.1, 0.15) is 18.2 Å². The topological polar surface area (TPSA) is 58.6 Å². The van der Waals surface area contributed by atoms with Crippen molar-refractivity contribution < 1.29 is 18.7 Å². The van der Waals surface area contributed by atoms with E-state index in [9.17, 15) is 14.0 Å². The van der Waals surface area contributed by atoms with E-state index in [0.29, 0.717) is 30.2 Å². The van der Waals surface area contributed by atoms with Crippen LogP contribution in [0, 0.1) is 5.82 Å². The predicted molar refractivity (Wildman–Crippen MR) is 112 cm³/mol. The molecule has 1 atom stereocenters. The van der Waals surface area contributed by atoms with Crippen LogP contribution in [-0.4, -0.2) is 25.0 Å². The van der Waals surface area contributed by atoms with Crippen molar-refractivity contribution in [3.63, 3.8) is 0 Å². The highest BCUT2D eigenvalue weighted by atomic mass is 19.1. The zero-order valence-corrected chi connectivity index (χ0v) is 16.3. The Morgan fingerprint density at radius 1 is 1.00 bits per heavy atom. The summed E-state index contributed by atoms with van der Waals surface area (Å²) in [5, 5.41) is 2.96. The lowest BCUT2D eigenvalue weighted by Gasteiger charge is -2.31. The average Bonchev–Trinajstić information content (AvgIpc) is 2.79. The number of anilines is 1. The fourth-order valence-corrected chi connectivity index (χ4v) is 3.50. The van der Waals surface area contributed by atoms with Gasteiger partial charge in [0.05, 0.1) is 24.7 Å². The summed E-state index contributed by atoms with van der Waals surface area (Å²) < 4.78 is 19.3. The van der Waals surface area contributed by atoms with Crippen LogP contribution >= 0.6 is 0 Å². The number of halogens is 1. The van der Waals surface area contributed by atoms with Gasteiger partial charge in [0.25, 0.3) is 5.91 Å². The highest BCUT2D eigenvalue weighted by Gasteiger charge is 2.27. The van der Waals surface area contributed by atoms with E-state index in [2.05, 4.69) is 5.32 Å². The quantitative estimate of drug-likeness (QED) is 0.696. The third kappa shape index (κ3) is 4.33. The number of nitrogens with zero attached hydrogens (tertiary/aromatic N) is 1. The number of carbonyl (C=O) groups excluding carboxylic acids is 2. The zero-order valence-electron chi connectivity index (χ0n) is 16.3. The molecule has 3 aromatic rings. The molecular formula is C24H21FN2O3. The maximum absolute atomic E-state index is 13.8. The predicted octanol–water partition coefficient (Wildman–Crippen LogP) is 4.11. The zero-order chi connectivity index (χ0) is 20.9. The summed E-state index contributed by atoms with van der Waals surface area (Å²) in [6, 6.07) is 21.8. The van der Waals surface area contributed by atoms with Gasteiger partial charge >= 0.3 is 0 Å². The summed E-state index contributed by atoms with van der Waals surface area (Å²) in [6.45, 7) is 0.653.